The second-order valence-corrected chi connectivity index (χ2v) is 24.1. The van der Waals surface area contributed by atoms with Gasteiger partial charge in [0.1, 0.15) is 13.2 Å². The third-order valence-corrected chi connectivity index (χ3v) is 16.0. The Kier molecular flexibility index (Phi) is 67.1. The number of carbonyl (C=O) groups is 3. The van der Waals surface area contributed by atoms with Crippen LogP contribution in [0.3, 0.4) is 0 Å². The van der Waals surface area contributed by atoms with Gasteiger partial charge in [-0.25, -0.2) is 0 Å². The van der Waals surface area contributed by atoms with E-state index in [4.69, 9.17) is 14.2 Å². The summed E-state index contributed by atoms with van der Waals surface area (Å²) in [5.74, 6) is -0.866. The van der Waals surface area contributed by atoms with Crippen LogP contribution in [0.1, 0.15) is 380 Å². The zero-order valence-electron chi connectivity index (χ0n) is 54.3. The van der Waals surface area contributed by atoms with Crippen LogP contribution in [0.15, 0.2) is 60.8 Å². The number of hydrogen-bond acceptors (Lipinski definition) is 6. The molecule has 0 N–H and O–H groups in total. The molecule has 0 aromatic heterocycles. The van der Waals surface area contributed by atoms with Gasteiger partial charge in [0, 0.05) is 19.3 Å². The van der Waals surface area contributed by atoms with Crippen molar-refractivity contribution in [1.29, 1.82) is 0 Å². The Bertz CT molecular complexity index is 1440. The molecule has 6 heteroatoms. The lowest BCUT2D eigenvalue weighted by Crippen LogP contribution is -2.30. The second kappa shape index (κ2) is 69.6. The van der Waals surface area contributed by atoms with Crippen molar-refractivity contribution in [3.05, 3.63) is 60.8 Å². The summed E-state index contributed by atoms with van der Waals surface area (Å²) in [6, 6.07) is 0. The highest BCUT2D eigenvalue weighted by Crippen LogP contribution is 2.18. The van der Waals surface area contributed by atoms with E-state index in [-0.39, 0.29) is 31.1 Å². The number of allylic oxidation sites excluding steroid dienone is 10. The first-order valence-electron chi connectivity index (χ1n) is 35.8. The van der Waals surface area contributed by atoms with Crippen molar-refractivity contribution < 1.29 is 28.6 Å². The summed E-state index contributed by atoms with van der Waals surface area (Å²) in [5.41, 5.74) is 0. The molecule has 1 atom stereocenters. The van der Waals surface area contributed by atoms with Crippen LogP contribution >= 0.6 is 0 Å². The van der Waals surface area contributed by atoms with Crippen LogP contribution in [0, 0.1) is 0 Å². The molecule has 0 amide bonds. The van der Waals surface area contributed by atoms with Gasteiger partial charge in [0.05, 0.1) is 0 Å². The van der Waals surface area contributed by atoms with Gasteiger partial charge in [-0.05, 0) is 83.5 Å². The molecule has 0 heterocycles. The molecule has 0 saturated heterocycles. The van der Waals surface area contributed by atoms with Gasteiger partial charge in [-0.2, -0.15) is 0 Å². The molecule has 0 aliphatic carbocycles. The number of ether oxygens (including phenoxy) is 3. The summed E-state index contributed by atoms with van der Waals surface area (Å²) in [7, 11) is 0. The molecule has 472 valence electrons. The first kappa shape index (κ1) is 78.1. The Labute approximate surface area is 504 Å². The summed E-state index contributed by atoms with van der Waals surface area (Å²) >= 11 is 0. The number of rotatable bonds is 66. The van der Waals surface area contributed by atoms with E-state index in [2.05, 4.69) is 81.5 Å². The Morgan fingerprint density at radius 3 is 0.790 bits per heavy atom. The van der Waals surface area contributed by atoms with Gasteiger partial charge in [-0.15, -0.1) is 0 Å². The number of carbonyl (C=O) groups excluding carboxylic acids is 3. The fourth-order valence-corrected chi connectivity index (χ4v) is 10.7. The first-order valence-corrected chi connectivity index (χ1v) is 35.8. The van der Waals surface area contributed by atoms with Gasteiger partial charge >= 0.3 is 17.9 Å². The van der Waals surface area contributed by atoms with Gasteiger partial charge in [0.2, 0.25) is 0 Å². The molecule has 0 aromatic rings. The van der Waals surface area contributed by atoms with E-state index in [1.165, 1.54) is 250 Å². The van der Waals surface area contributed by atoms with Crippen molar-refractivity contribution in [2.75, 3.05) is 13.2 Å². The van der Waals surface area contributed by atoms with Gasteiger partial charge in [-0.3, -0.25) is 14.4 Å². The minimum Gasteiger partial charge on any atom is -0.462 e. The highest BCUT2D eigenvalue weighted by Gasteiger charge is 2.19. The molecule has 81 heavy (non-hydrogen) atoms. The lowest BCUT2D eigenvalue weighted by molar-refractivity contribution is -0.167. The number of unbranched alkanes of at least 4 members (excludes halogenated alkanes) is 45. The van der Waals surface area contributed by atoms with E-state index in [9.17, 15) is 14.4 Å². The van der Waals surface area contributed by atoms with Crippen LogP contribution in [0.25, 0.3) is 0 Å². The summed E-state index contributed by atoms with van der Waals surface area (Å²) in [6.45, 7) is 6.56. The summed E-state index contributed by atoms with van der Waals surface area (Å²) in [6.07, 6.45) is 89.8. The molecule has 0 aromatic carbocycles. The van der Waals surface area contributed by atoms with E-state index >= 15 is 0 Å². The third-order valence-electron chi connectivity index (χ3n) is 16.0. The average molecular weight is 1130 g/mol. The van der Waals surface area contributed by atoms with E-state index in [1.54, 1.807) is 0 Å². The van der Waals surface area contributed by atoms with Gasteiger partial charge in [-0.1, -0.05) is 338 Å². The van der Waals surface area contributed by atoms with Crippen molar-refractivity contribution in [1.82, 2.24) is 0 Å². The lowest BCUT2D eigenvalue weighted by Gasteiger charge is -2.18. The minimum atomic E-state index is -0.780. The van der Waals surface area contributed by atoms with E-state index in [1.807, 2.05) is 0 Å². The maximum atomic E-state index is 12.9. The first-order chi connectivity index (χ1) is 40.0. The number of hydrogen-bond donors (Lipinski definition) is 0. The molecule has 0 fully saturated rings. The summed E-state index contributed by atoms with van der Waals surface area (Å²) in [4.78, 5) is 38.4. The molecular weight excluding hydrogens is 997 g/mol. The van der Waals surface area contributed by atoms with Crippen molar-refractivity contribution in [3.8, 4) is 0 Å². The van der Waals surface area contributed by atoms with E-state index in [0.29, 0.717) is 19.3 Å². The molecule has 1 unspecified atom stereocenters. The predicted octanol–water partition coefficient (Wildman–Crippen LogP) is 24.7. The predicted molar refractivity (Wildman–Crippen MR) is 353 cm³/mol. The second-order valence-electron chi connectivity index (χ2n) is 24.1. The molecule has 0 radical (unpaired) electrons. The van der Waals surface area contributed by atoms with E-state index in [0.717, 1.165) is 89.9 Å². The average Bonchev–Trinajstić information content (AvgIpc) is 3.47. The lowest BCUT2D eigenvalue weighted by atomic mass is 10.0. The molecule has 0 aliphatic heterocycles. The highest BCUT2D eigenvalue weighted by atomic mass is 16.6. The minimum absolute atomic E-state index is 0.0745. The smallest absolute Gasteiger partial charge is 0.306 e. The molecule has 6 nitrogen and oxygen atoms in total. The maximum Gasteiger partial charge on any atom is 0.306 e. The fourth-order valence-electron chi connectivity index (χ4n) is 10.7. The molecular formula is C75H136O6. The molecule has 0 saturated carbocycles. The SMILES string of the molecule is CC/C=C\C/C=C\C/C=C\C/C=C\CCCCCCCCCCCCC(=O)OC(COC(=O)CCCCCCC/C=C\CCCCC)COC(=O)CCCCCCCCCCCCCCCCCCCCCCCCCCCCCC. The highest BCUT2D eigenvalue weighted by molar-refractivity contribution is 5.71. The van der Waals surface area contributed by atoms with Crippen molar-refractivity contribution in [3.63, 3.8) is 0 Å². The monoisotopic (exact) mass is 1130 g/mol. The van der Waals surface area contributed by atoms with Crippen LogP contribution in [0.5, 0.6) is 0 Å². The Morgan fingerprint density at radius 1 is 0.259 bits per heavy atom. The van der Waals surface area contributed by atoms with Crippen LogP contribution in [0.2, 0.25) is 0 Å². The van der Waals surface area contributed by atoms with Gasteiger partial charge < -0.3 is 14.2 Å². The van der Waals surface area contributed by atoms with Gasteiger partial charge in [0.15, 0.2) is 6.10 Å². The maximum absolute atomic E-state index is 12.9. The van der Waals surface area contributed by atoms with Crippen molar-refractivity contribution in [2.24, 2.45) is 0 Å². The molecule has 0 rings (SSSR count). The zero-order valence-corrected chi connectivity index (χ0v) is 54.3. The topological polar surface area (TPSA) is 78.9 Å². The van der Waals surface area contributed by atoms with Crippen LogP contribution in [-0.4, -0.2) is 37.2 Å². The normalized spacial score (nSPS) is 12.4. The third kappa shape index (κ3) is 67.8. The number of esters is 3. The Hall–Kier alpha value is -2.89. The Morgan fingerprint density at radius 2 is 0.481 bits per heavy atom. The quantitative estimate of drug-likeness (QED) is 0.0261. The van der Waals surface area contributed by atoms with E-state index < -0.39 is 6.10 Å². The zero-order chi connectivity index (χ0) is 58.5. The molecule has 0 spiro atoms. The van der Waals surface area contributed by atoms with Gasteiger partial charge in [0.25, 0.3) is 0 Å². The van der Waals surface area contributed by atoms with Crippen LogP contribution < -0.4 is 0 Å². The molecule has 0 bridgehead atoms. The molecule has 0 aliphatic rings. The van der Waals surface area contributed by atoms with Crippen molar-refractivity contribution >= 4 is 17.9 Å². The van der Waals surface area contributed by atoms with Crippen LogP contribution in [0.4, 0.5) is 0 Å². The summed E-state index contributed by atoms with van der Waals surface area (Å²) in [5, 5.41) is 0. The largest absolute Gasteiger partial charge is 0.462 e. The standard InChI is InChI=1S/C75H136O6/c1-4-7-10-13-16-19-22-25-27-29-31-33-35-36-37-38-39-41-42-44-46-48-50-53-56-59-62-65-68-74(77)80-71-72(70-79-73(76)67-64-61-58-55-52-24-21-18-15-12-9-6-3)81-75(78)69-66-63-60-57-54-51-49-47-45-43-40-34-32-30-28-26-23-20-17-14-11-8-5-2/h8,11,17-18,20-21,26,28,32,34,72H,4-7,9-10,12-16,19,22-25,27,29-31,33,35-71H2,1-3H3/b11-8-,20-17-,21-18-,28-26-,34-32-. The fraction of sp³-hybridized carbons (Fsp3) is 0.827. The summed E-state index contributed by atoms with van der Waals surface area (Å²) < 4.78 is 17.0. The van der Waals surface area contributed by atoms with Crippen LogP contribution in [-0.2, 0) is 28.6 Å². The Balaban J connectivity index is 4.19. The van der Waals surface area contributed by atoms with Crippen molar-refractivity contribution in [2.45, 2.75) is 386 Å².